The van der Waals surface area contributed by atoms with E-state index in [0.29, 0.717) is 6.42 Å². The van der Waals surface area contributed by atoms with Crippen LogP contribution in [0.15, 0.2) is 38.6 Å². The SMILES string of the molecule is CC1=N/C(=C\c2cc(Br)c[nH]2)C(C)=C1CCC(=O)O. The molecule has 0 saturated heterocycles. The molecule has 0 spiro atoms. The Bertz CT molecular complexity index is 609. The molecule has 0 unspecified atom stereocenters. The predicted molar refractivity (Wildman–Crippen MR) is 79.1 cm³/mol. The Morgan fingerprint density at radius 3 is 2.84 bits per heavy atom. The molecule has 0 fully saturated rings. The van der Waals surface area contributed by atoms with Crippen molar-refractivity contribution in [2.75, 3.05) is 0 Å². The summed E-state index contributed by atoms with van der Waals surface area (Å²) in [7, 11) is 0. The van der Waals surface area contributed by atoms with Gasteiger partial charge in [0.25, 0.3) is 0 Å². The van der Waals surface area contributed by atoms with Crippen molar-refractivity contribution in [2.24, 2.45) is 4.99 Å². The van der Waals surface area contributed by atoms with Gasteiger partial charge in [0.2, 0.25) is 0 Å². The number of H-pyrrole nitrogens is 1. The number of aromatic amines is 1. The highest BCUT2D eigenvalue weighted by Crippen LogP contribution is 2.29. The summed E-state index contributed by atoms with van der Waals surface area (Å²) in [6.07, 6.45) is 4.50. The molecule has 1 aliphatic rings. The molecule has 2 rings (SSSR count). The lowest BCUT2D eigenvalue weighted by atomic mass is 10.0. The van der Waals surface area contributed by atoms with Gasteiger partial charge in [-0.15, -0.1) is 0 Å². The standard InChI is InChI=1S/C14H15BrN2O2/c1-8-12(3-4-14(18)19)9(2)17-13(8)6-11-5-10(15)7-16-11/h5-7,16H,3-4H2,1-2H3,(H,18,19)/b13-6-. The van der Waals surface area contributed by atoms with Gasteiger partial charge < -0.3 is 10.1 Å². The highest BCUT2D eigenvalue weighted by molar-refractivity contribution is 9.10. The third kappa shape index (κ3) is 3.23. The van der Waals surface area contributed by atoms with E-state index in [2.05, 4.69) is 25.9 Å². The first-order chi connectivity index (χ1) is 8.97. The lowest BCUT2D eigenvalue weighted by Gasteiger charge is -2.02. The number of aromatic nitrogens is 1. The van der Waals surface area contributed by atoms with Gasteiger partial charge in [0.05, 0.1) is 5.70 Å². The third-order valence-electron chi connectivity index (χ3n) is 3.11. The molecule has 0 bridgehead atoms. The second kappa shape index (κ2) is 5.57. The van der Waals surface area contributed by atoms with Crippen LogP contribution in [0.25, 0.3) is 6.08 Å². The number of halogens is 1. The Morgan fingerprint density at radius 1 is 1.53 bits per heavy atom. The number of carboxylic acid groups (broad SMARTS) is 1. The molecule has 0 aromatic carbocycles. The average Bonchev–Trinajstić information content (AvgIpc) is 2.83. The van der Waals surface area contributed by atoms with Gasteiger partial charge in [-0.3, -0.25) is 9.79 Å². The Balaban J connectivity index is 2.25. The number of hydrogen-bond acceptors (Lipinski definition) is 2. The Hall–Kier alpha value is -1.62. The van der Waals surface area contributed by atoms with Gasteiger partial charge in [-0.1, -0.05) is 0 Å². The van der Waals surface area contributed by atoms with Crippen molar-refractivity contribution in [1.29, 1.82) is 0 Å². The summed E-state index contributed by atoms with van der Waals surface area (Å²) in [5.74, 6) is -0.779. The van der Waals surface area contributed by atoms with E-state index in [1.807, 2.05) is 32.2 Å². The summed E-state index contributed by atoms with van der Waals surface area (Å²) in [5, 5.41) is 8.76. The molecular formula is C14H15BrN2O2. The molecule has 0 amide bonds. The number of allylic oxidation sites excluding steroid dienone is 2. The van der Waals surface area contributed by atoms with Gasteiger partial charge in [0, 0.05) is 28.5 Å². The summed E-state index contributed by atoms with van der Waals surface area (Å²) in [5.41, 5.74) is 4.88. The number of nitrogens with one attached hydrogen (secondary N) is 1. The van der Waals surface area contributed by atoms with Crippen molar-refractivity contribution >= 4 is 33.7 Å². The minimum Gasteiger partial charge on any atom is -0.481 e. The maximum Gasteiger partial charge on any atom is 0.303 e. The number of hydrogen-bond donors (Lipinski definition) is 2. The summed E-state index contributed by atoms with van der Waals surface area (Å²) < 4.78 is 0.991. The van der Waals surface area contributed by atoms with Crippen molar-refractivity contribution in [2.45, 2.75) is 26.7 Å². The van der Waals surface area contributed by atoms with Gasteiger partial charge >= 0.3 is 5.97 Å². The van der Waals surface area contributed by atoms with Crippen molar-refractivity contribution in [3.63, 3.8) is 0 Å². The van der Waals surface area contributed by atoms with Crippen LogP contribution in [-0.4, -0.2) is 21.8 Å². The van der Waals surface area contributed by atoms with E-state index in [9.17, 15) is 4.79 Å². The fourth-order valence-corrected chi connectivity index (χ4v) is 2.47. The largest absolute Gasteiger partial charge is 0.481 e. The summed E-state index contributed by atoms with van der Waals surface area (Å²) in [6.45, 7) is 3.91. The van der Waals surface area contributed by atoms with E-state index in [1.54, 1.807) is 0 Å². The van der Waals surface area contributed by atoms with Gasteiger partial charge in [-0.05, 0) is 59.5 Å². The molecule has 0 radical (unpaired) electrons. The quantitative estimate of drug-likeness (QED) is 0.886. The molecule has 2 N–H and O–H groups in total. The molecule has 19 heavy (non-hydrogen) atoms. The van der Waals surface area contributed by atoms with Gasteiger partial charge in [-0.2, -0.15) is 0 Å². The number of carboxylic acids is 1. The summed E-state index contributed by atoms with van der Waals surface area (Å²) in [6, 6.07) is 1.97. The lowest BCUT2D eigenvalue weighted by Crippen LogP contribution is -2.00. The number of aliphatic carboxylic acids is 1. The highest BCUT2D eigenvalue weighted by atomic mass is 79.9. The van der Waals surface area contributed by atoms with Crippen LogP contribution in [0.2, 0.25) is 0 Å². The molecule has 1 aliphatic heterocycles. The van der Waals surface area contributed by atoms with Crippen molar-refractivity contribution in [3.8, 4) is 0 Å². The zero-order chi connectivity index (χ0) is 14.0. The molecule has 0 saturated carbocycles. The Kier molecular flexibility index (Phi) is 4.04. The highest BCUT2D eigenvalue weighted by Gasteiger charge is 2.18. The maximum atomic E-state index is 10.7. The van der Waals surface area contributed by atoms with Gasteiger partial charge in [0.1, 0.15) is 0 Å². The Labute approximate surface area is 120 Å². The van der Waals surface area contributed by atoms with E-state index in [4.69, 9.17) is 5.11 Å². The molecule has 1 aromatic rings. The molecular weight excluding hydrogens is 308 g/mol. The first-order valence-corrected chi connectivity index (χ1v) is 6.80. The number of carbonyl (C=O) groups is 1. The van der Waals surface area contributed by atoms with Crippen molar-refractivity contribution < 1.29 is 9.90 Å². The van der Waals surface area contributed by atoms with Crippen molar-refractivity contribution in [1.82, 2.24) is 4.98 Å². The van der Waals surface area contributed by atoms with E-state index in [-0.39, 0.29) is 6.42 Å². The number of rotatable bonds is 4. The smallest absolute Gasteiger partial charge is 0.303 e. The second-order valence-electron chi connectivity index (χ2n) is 4.50. The fraction of sp³-hybridized carbons (Fsp3) is 0.286. The minimum atomic E-state index is -0.779. The molecule has 5 heteroatoms. The van der Waals surface area contributed by atoms with E-state index in [0.717, 1.165) is 32.7 Å². The Morgan fingerprint density at radius 2 is 2.26 bits per heavy atom. The van der Waals surface area contributed by atoms with Crippen LogP contribution >= 0.6 is 15.9 Å². The molecule has 0 atom stereocenters. The van der Waals surface area contributed by atoms with Crippen LogP contribution < -0.4 is 0 Å². The summed E-state index contributed by atoms with van der Waals surface area (Å²) >= 11 is 3.39. The minimum absolute atomic E-state index is 0.140. The molecule has 100 valence electrons. The lowest BCUT2D eigenvalue weighted by molar-refractivity contribution is -0.136. The first kappa shape index (κ1) is 13.8. The maximum absolute atomic E-state index is 10.7. The van der Waals surface area contributed by atoms with Crippen LogP contribution in [0.5, 0.6) is 0 Å². The van der Waals surface area contributed by atoms with Crippen LogP contribution in [-0.2, 0) is 4.79 Å². The zero-order valence-corrected chi connectivity index (χ0v) is 12.4. The van der Waals surface area contributed by atoms with Gasteiger partial charge in [0.15, 0.2) is 0 Å². The number of aliphatic imine (C=N–C) groups is 1. The zero-order valence-electron chi connectivity index (χ0n) is 10.8. The van der Waals surface area contributed by atoms with E-state index >= 15 is 0 Å². The molecule has 0 aliphatic carbocycles. The van der Waals surface area contributed by atoms with Crippen LogP contribution in [0.4, 0.5) is 0 Å². The first-order valence-electron chi connectivity index (χ1n) is 6.00. The number of nitrogens with zero attached hydrogens (tertiary/aromatic N) is 1. The van der Waals surface area contributed by atoms with E-state index in [1.165, 1.54) is 0 Å². The predicted octanol–water partition coefficient (Wildman–Crippen LogP) is 3.77. The average molecular weight is 323 g/mol. The topological polar surface area (TPSA) is 65.5 Å². The normalized spacial score (nSPS) is 17.2. The molecule has 4 nitrogen and oxygen atoms in total. The van der Waals surface area contributed by atoms with Crippen LogP contribution in [0, 0.1) is 0 Å². The monoisotopic (exact) mass is 322 g/mol. The fourth-order valence-electron chi connectivity index (χ4n) is 2.11. The van der Waals surface area contributed by atoms with Crippen LogP contribution in [0.3, 0.4) is 0 Å². The van der Waals surface area contributed by atoms with E-state index < -0.39 is 5.97 Å². The molecule has 1 aromatic heterocycles. The third-order valence-corrected chi connectivity index (χ3v) is 3.57. The summed E-state index contributed by atoms with van der Waals surface area (Å²) in [4.78, 5) is 18.3. The van der Waals surface area contributed by atoms with Crippen LogP contribution in [0.1, 0.15) is 32.4 Å². The second-order valence-corrected chi connectivity index (χ2v) is 5.41. The van der Waals surface area contributed by atoms with Crippen molar-refractivity contribution in [3.05, 3.63) is 39.3 Å². The molecule has 2 heterocycles. The van der Waals surface area contributed by atoms with Gasteiger partial charge in [-0.25, -0.2) is 0 Å².